The second-order valence-electron chi connectivity index (χ2n) is 9.56. The molecule has 2 aromatic heterocycles. The van der Waals surface area contributed by atoms with Gasteiger partial charge in [0.05, 0.1) is 24.7 Å². The summed E-state index contributed by atoms with van der Waals surface area (Å²) in [4.78, 5) is 20.1. The van der Waals surface area contributed by atoms with Crippen molar-refractivity contribution >= 4 is 16.7 Å². The number of imidazole rings is 1. The molecule has 0 atom stereocenters. The van der Waals surface area contributed by atoms with Crippen LogP contribution in [0.3, 0.4) is 0 Å². The number of piperidine rings is 1. The molecule has 1 fully saturated rings. The van der Waals surface area contributed by atoms with Crippen molar-refractivity contribution in [3.05, 3.63) is 87.6 Å². The first-order valence-corrected chi connectivity index (χ1v) is 12.3. The third-order valence-electron chi connectivity index (χ3n) is 7.29. The SMILES string of the molecule is COc1cccc2c1n(Cc1cnccc1C(F)(F)F)c(=O)n2C1CCN(c2c(C)cccc2C)CC1. The highest BCUT2D eigenvalue weighted by Gasteiger charge is 2.34. The third-order valence-corrected chi connectivity index (χ3v) is 7.29. The lowest BCUT2D eigenvalue weighted by molar-refractivity contribution is -0.138. The number of rotatable bonds is 5. The number of pyridine rings is 1. The Labute approximate surface area is 212 Å². The van der Waals surface area contributed by atoms with E-state index in [2.05, 4.69) is 41.9 Å². The molecular weight excluding hydrogens is 481 g/mol. The first-order chi connectivity index (χ1) is 17.7. The maximum Gasteiger partial charge on any atom is 0.416 e. The second-order valence-corrected chi connectivity index (χ2v) is 9.56. The molecule has 3 heterocycles. The number of benzene rings is 2. The van der Waals surface area contributed by atoms with Gasteiger partial charge < -0.3 is 9.64 Å². The second kappa shape index (κ2) is 9.61. The summed E-state index contributed by atoms with van der Waals surface area (Å²) in [5.41, 5.74) is 3.61. The van der Waals surface area contributed by atoms with E-state index in [0.29, 0.717) is 16.8 Å². The van der Waals surface area contributed by atoms with Crippen molar-refractivity contribution in [2.75, 3.05) is 25.1 Å². The van der Waals surface area contributed by atoms with Crippen LogP contribution in [0.5, 0.6) is 5.75 Å². The molecule has 0 bridgehead atoms. The van der Waals surface area contributed by atoms with Gasteiger partial charge in [-0.3, -0.25) is 14.1 Å². The summed E-state index contributed by atoms with van der Waals surface area (Å²) >= 11 is 0. The Kier molecular flexibility index (Phi) is 6.47. The van der Waals surface area contributed by atoms with Crippen LogP contribution in [-0.4, -0.2) is 34.3 Å². The van der Waals surface area contributed by atoms with E-state index in [-0.39, 0.29) is 23.8 Å². The van der Waals surface area contributed by atoms with Gasteiger partial charge in [-0.2, -0.15) is 13.2 Å². The molecule has 2 aromatic carbocycles. The lowest BCUT2D eigenvalue weighted by atomic mass is 10.0. The smallest absolute Gasteiger partial charge is 0.416 e. The summed E-state index contributed by atoms with van der Waals surface area (Å²) < 4.78 is 49.7. The Bertz CT molecular complexity index is 1480. The first-order valence-electron chi connectivity index (χ1n) is 12.3. The Morgan fingerprint density at radius 1 is 1.03 bits per heavy atom. The first kappa shape index (κ1) is 24.9. The van der Waals surface area contributed by atoms with Crippen LogP contribution in [0.25, 0.3) is 11.0 Å². The number of fused-ring (bicyclic) bond motifs is 1. The van der Waals surface area contributed by atoms with E-state index < -0.39 is 11.7 Å². The van der Waals surface area contributed by atoms with Crippen molar-refractivity contribution in [3.8, 4) is 5.75 Å². The maximum atomic E-state index is 13.8. The number of alkyl halides is 3. The summed E-state index contributed by atoms with van der Waals surface area (Å²) in [6.07, 6.45) is -0.778. The zero-order valence-electron chi connectivity index (χ0n) is 21.0. The molecule has 0 unspecified atom stereocenters. The van der Waals surface area contributed by atoms with E-state index in [1.807, 2.05) is 6.07 Å². The fourth-order valence-corrected chi connectivity index (χ4v) is 5.62. The number of hydrogen-bond acceptors (Lipinski definition) is 4. The summed E-state index contributed by atoms with van der Waals surface area (Å²) in [6.45, 7) is 5.51. The van der Waals surface area contributed by atoms with Gasteiger partial charge >= 0.3 is 11.9 Å². The number of aryl methyl sites for hydroxylation is 2. The molecule has 4 aromatic rings. The van der Waals surface area contributed by atoms with Gasteiger partial charge in [-0.1, -0.05) is 24.3 Å². The molecule has 0 saturated carbocycles. The predicted octanol–water partition coefficient (Wildman–Crippen LogP) is 5.73. The molecule has 1 aliphatic rings. The molecular formula is C28H29F3N4O2. The van der Waals surface area contributed by atoms with Gasteiger partial charge in [-0.05, 0) is 56.0 Å². The van der Waals surface area contributed by atoms with Gasteiger partial charge in [-0.15, -0.1) is 0 Å². The maximum absolute atomic E-state index is 13.8. The minimum Gasteiger partial charge on any atom is -0.494 e. The molecule has 0 spiro atoms. The Balaban J connectivity index is 1.55. The molecule has 5 rings (SSSR count). The van der Waals surface area contributed by atoms with E-state index >= 15 is 0 Å². The summed E-state index contributed by atoms with van der Waals surface area (Å²) in [5.74, 6) is 0.443. The molecule has 0 radical (unpaired) electrons. The molecule has 6 nitrogen and oxygen atoms in total. The number of methoxy groups -OCH3 is 1. The van der Waals surface area contributed by atoms with Crippen LogP contribution in [-0.2, 0) is 12.7 Å². The van der Waals surface area contributed by atoms with Gasteiger partial charge in [0, 0.05) is 42.8 Å². The number of hydrogen-bond donors (Lipinski definition) is 0. The summed E-state index contributed by atoms with van der Waals surface area (Å²) in [6, 6.07) is 12.5. The van der Waals surface area contributed by atoms with Crippen molar-refractivity contribution in [3.63, 3.8) is 0 Å². The van der Waals surface area contributed by atoms with Gasteiger partial charge in [0.25, 0.3) is 0 Å². The van der Waals surface area contributed by atoms with Crippen LogP contribution in [0.2, 0.25) is 0 Å². The van der Waals surface area contributed by atoms with Crippen LogP contribution in [0.1, 0.15) is 41.1 Å². The molecule has 37 heavy (non-hydrogen) atoms. The molecule has 0 aliphatic carbocycles. The third kappa shape index (κ3) is 4.47. The fourth-order valence-electron chi connectivity index (χ4n) is 5.62. The fraction of sp³-hybridized carbons (Fsp3) is 0.357. The number of ether oxygens (including phenoxy) is 1. The zero-order valence-corrected chi connectivity index (χ0v) is 21.0. The van der Waals surface area contributed by atoms with Crippen LogP contribution in [0.15, 0.2) is 59.7 Å². The van der Waals surface area contributed by atoms with Crippen LogP contribution in [0.4, 0.5) is 18.9 Å². The van der Waals surface area contributed by atoms with Crippen molar-refractivity contribution < 1.29 is 17.9 Å². The normalized spacial score (nSPS) is 14.9. The number of nitrogens with zero attached hydrogens (tertiary/aromatic N) is 4. The summed E-state index contributed by atoms with van der Waals surface area (Å²) in [5, 5.41) is 0. The monoisotopic (exact) mass is 510 g/mol. The molecule has 1 saturated heterocycles. The average molecular weight is 511 g/mol. The molecule has 0 N–H and O–H groups in total. The van der Waals surface area contributed by atoms with E-state index in [0.717, 1.165) is 38.2 Å². The minimum absolute atomic E-state index is 0.0631. The number of halogens is 3. The van der Waals surface area contributed by atoms with Crippen molar-refractivity contribution in [1.29, 1.82) is 0 Å². The van der Waals surface area contributed by atoms with Crippen LogP contribution >= 0.6 is 0 Å². The van der Waals surface area contributed by atoms with E-state index in [1.165, 1.54) is 34.7 Å². The Morgan fingerprint density at radius 2 is 1.70 bits per heavy atom. The molecule has 0 amide bonds. The molecule has 1 aliphatic heterocycles. The number of aromatic nitrogens is 3. The van der Waals surface area contributed by atoms with Crippen LogP contribution < -0.4 is 15.3 Å². The topological polar surface area (TPSA) is 52.3 Å². The van der Waals surface area contributed by atoms with E-state index in [9.17, 15) is 18.0 Å². The van der Waals surface area contributed by atoms with Gasteiger partial charge in [0.1, 0.15) is 11.3 Å². The molecule has 9 heteroatoms. The highest BCUT2D eigenvalue weighted by Crippen LogP contribution is 2.35. The number of anilines is 1. The lowest BCUT2D eigenvalue weighted by Crippen LogP contribution is -2.38. The van der Waals surface area contributed by atoms with Crippen molar-refractivity contribution in [2.24, 2.45) is 0 Å². The van der Waals surface area contributed by atoms with Crippen LogP contribution in [0, 0.1) is 13.8 Å². The van der Waals surface area contributed by atoms with Crippen molar-refractivity contribution in [2.45, 2.75) is 45.5 Å². The number of para-hydroxylation sites is 2. The lowest BCUT2D eigenvalue weighted by Gasteiger charge is -2.35. The Morgan fingerprint density at radius 3 is 2.35 bits per heavy atom. The van der Waals surface area contributed by atoms with Gasteiger partial charge in [0.2, 0.25) is 0 Å². The summed E-state index contributed by atoms with van der Waals surface area (Å²) in [7, 11) is 1.50. The molecule has 194 valence electrons. The quantitative estimate of drug-likeness (QED) is 0.344. The van der Waals surface area contributed by atoms with Gasteiger partial charge in [-0.25, -0.2) is 4.79 Å². The van der Waals surface area contributed by atoms with Gasteiger partial charge in [0.15, 0.2) is 0 Å². The highest BCUT2D eigenvalue weighted by atomic mass is 19.4. The van der Waals surface area contributed by atoms with E-state index in [4.69, 9.17) is 4.74 Å². The van der Waals surface area contributed by atoms with E-state index in [1.54, 1.807) is 16.7 Å². The largest absolute Gasteiger partial charge is 0.494 e. The zero-order chi connectivity index (χ0) is 26.3. The Hall–Kier alpha value is -3.75. The average Bonchev–Trinajstić information content (AvgIpc) is 3.15. The van der Waals surface area contributed by atoms with Crippen molar-refractivity contribution in [1.82, 2.24) is 14.1 Å². The minimum atomic E-state index is -4.55. The standard InChI is InChI=1S/C28H29F3N4O2/c1-18-6-4-7-19(2)25(18)33-14-11-21(12-15-33)35-23-8-5-9-24(37-3)26(23)34(27(35)36)17-20-16-32-13-10-22(20)28(29,30)31/h4-10,13,16,21H,11-12,14-15,17H2,1-3H3. The predicted molar refractivity (Wildman–Crippen MR) is 137 cm³/mol. The highest BCUT2D eigenvalue weighted by molar-refractivity contribution is 5.83.